The van der Waals surface area contributed by atoms with Crippen molar-refractivity contribution >= 4 is 11.9 Å². The molecule has 0 bridgehead atoms. The molecule has 0 radical (unpaired) electrons. The molecule has 0 unspecified atom stereocenters. The third-order valence-electron chi connectivity index (χ3n) is 3.93. The van der Waals surface area contributed by atoms with Gasteiger partial charge in [0.15, 0.2) is 0 Å². The van der Waals surface area contributed by atoms with Gasteiger partial charge in [-0.25, -0.2) is 0 Å². The van der Waals surface area contributed by atoms with Crippen LogP contribution >= 0.6 is 0 Å². The van der Waals surface area contributed by atoms with Gasteiger partial charge in [0.25, 0.3) is 0 Å². The van der Waals surface area contributed by atoms with Gasteiger partial charge in [-0.3, -0.25) is 9.59 Å². The molecule has 5 nitrogen and oxygen atoms in total. The highest BCUT2D eigenvalue weighted by molar-refractivity contribution is 5.84. The van der Waals surface area contributed by atoms with Gasteiger partial charge in [-0.1, -0.05) is 26.7 Å². The van der Waals surface area contributed by atoms with Crippen molar-refractivity contribution in [1.29, 1.82) is 5.26 Å². The van der Waals surface area contributed by atoms with Crippen LogP contribution in [-0.2, 0) is 14.3 Å². The second kappa shape index (κ2) is 6.55. The number of methoxy groups -OCH3 is 1. The molecule has 1 atom stereocenters. The molecule has 0 saturated heterocycles. The molecule has 1 aliphatic carbocycles. The number of rotatable bonds is 4. The Kier molecular flexibility index (Phi) is 5.34. The third kappa shape index (κ3) is 3.95. The van der Waals surface area contributed by atoms with Gasteiger partial charge in [-0.05, 0) is 18.3 Å². The molecule has 19 heavy (non-hydrogen) atoms. The quantitative estimate of drug-likeness (QED) is 0.574. The van der Waals surface area contributed by atoms with E-state index in [1.54, 1.807) is 0 Å². The number of nitriles is 1. The zero-order valence-electron chi connectivity index (χ0n) is 11.9. The first-order valence-electron chi connectivity index (χ1n) is 6.65. The monoisotopic (exact) mass is 266 g/mol. The number of nitrogens with zero attached hydrogens (tertiary/aromatic N) is 2. The zero-order chi connectivity index (χ0) is 14.5. The van der Waals surface area contributed by atoms with Crippen LogP contribution in [0.1, 0.15) is 39.5 Å². The van der Waals surface area contributed by atoms with Gasteiger partial charge >= 0.3 is 5.97 Å². The SMILES string of the molecule is COC(=O)CN(CC#N)C(=O)[C@H]1CCCCC1(C)C. The van der Waals surface area contributed by atoms with Crippen LogP contribution in [0.4, 0.5) is 0 Å². The van der Waals surface area contributed by atoms with Crippen LogP contribution in [0, 0.1) is 22.7 Å². The molecule has 1 rings (SSSR count). The van der Waals surface area contributed by atoms with E-state index in [0.29, 0.717) is 0 Å². The van der Waals surface area contributed by atoms with Crippen molar-refractivity contribution < 1.29 is 14.3 Å². The maximum atomic E-state index is 12.5. The van der Waals surface area contributed by atoms with Crippen LogP contribution in [-0.4, -0.2) is 37.0 Å². The lowest BCUT2D eigenvalue weighted by atomic mass is 9.68. The van der Waals surface area contributed by atoms with E-state index in [1.807, 2.05) is 6.07 Å². The van der Waals surface area contributed by atoms with E-state index in [4.69, 9.17) is 5.26 Å². The minimum atomic E-state index is -0.489. The molecule has 0 aromatic carbocycles. The van der Waals surface area contributed by atoms with Gasteiger partial charge in [0.2, 0.25) is 5.91 Å². The van der Waals surface area contributed by atoms with Gasteiger partial charge in [-0.15, -0.1) is 0 Å². The lowest BCUT2D eigenvalue weighted by Crippen LogP contribution is -2.45. The minimum Gasteiger partial charge on any atom is -0.468 e. The molecule has 0 N–H and O–H groups in total. The second-order valence-electron chi connectivity index (χ2n) is 5.72. The van der Waals surface area contributed by atoms with Gasteiger partial charge in [-0.2, -0.15) is 5.26 Å². The highest BCUT2D eigenvalue weighted by atomic mass is 16.5. The molecule has 0 aromatic heterocycles. The molecule has 0 heterocycles. The Morgan fingerprint density at radius 2 is 2.11 bits per heavy atom. The fourth-order valence-electron chi connectivity index (χ4n) is 2.69. The smallest absolute Gasteiger partial charge is 0.325 e. The summed E-state index contributed by atoms with van der Waals surface area (Å²) in [6.45, 7) is 3.95. The Morgan fingerprint density at radius 3 is 2.63 bits per heavy atom. The summed E-state index contributed by atoms with van der Waals surface area (Å²) in [5.74, 6) is -0.701. The van der Waals surface area contributed by atoms with Crippen LogP contribution in [0.15, 0.2) is 0 Å². The zero-order valence-corrected chi connectivity index (χ0v) is 11.9. The highest BCUT2D eigenvalue weighted by Crippen LogP contribution is 2.41. The summed E-state index contributed by atoms with van der Waals surface area (Å²) >= 11 is 0. The van der Waals surface area contributed by atoms with Crippen molar-refractivity contribution in [1.82, 2.24) is 4.90 Å². The minimum absolute atomic E-state index is 0.0689. The first-order valence-corrected chi connectivity index (χ1v) is 6.65. The Labute approximate surface area is 114 Å². The van der Waals surface area contributed by atoms with Crippen molar-refractivity contribution in [3.63, 3.8) is 0 Å². The number of hydrogen-bond acceptors (Lipinski definition) is 4. The Hall–Kier alpha value is -1.57. The normalized spacial score (nSPS) is 21.3. The van der Waals surface area contributed by atoms with Crippen molar-refractivity contribution in [2.24, 2.45) is 11.3 Å². The van der Waals surface area contributed by atoms with E-state index in [0.717, 1.165) is 25.7 Å². The number of ether oxygens (including phenoxy) is 1. The molecule has 0 aliphatic heterocycles. The number of amides is 1. The van der Waals surface area contributed by atoms with E-state index in [9.17, 15) is 9.59 Å². The van der Waals surface area contributed by atoms with Crippen LogP contribution in [0.25, 0.3) is 0 Å². The van der Waals surface area contributed by atoms with E-state index in [-0.39, 0.29) is 30.3 Å². The summed E-state index contributed by atoms with van der Waals surface area (Å²) in [5, 5.41) is 8.80. The molecule has 1 amide bonds. The summed E-state index contributed by atoms with van der Waals surface area (Å²) in [6, 6.07) is 1.94. The van der Waals surface area contributed by atoms with Crippen molar-refractivity contribution in [2.45, 2.75) is 39.5 Å². The average molecular weight is 266 g/mol. The van der Waals surface area contributed by atoms with Crippen molar-refractivity contribution in [3.05, 3.63) is 0 Å². The van der Waals surface area contributed by atoms with Crippen LogP contribution < -0.4 is 0 Å². The lowest BCUT2D eigenvalue weighted by Gasteiger charge is -2.39. The van der Waals surface area contributed by atoms with Gasteiger partial charge in [0.05, 0.1) is 13.2 Å². The predicted molar refractivity (Wildman–Crippen MR) is 69.9 cm³/mol. The van der Waals surface area contributed by atoms with E-state index in [1.165, 1.54) is 12.0 Å². The standard InChI is InChI=1S/C14H22N2O3/c1-14(2)7-5-4-6-11(14)13(18)16(9-8-15)10-12(17)19-3/h11H,4-7,9-10H2,1-3H3/t11-/m1/s1. The molecule has 106 valence electrons. The Balaban J connectivity index is 2.80. The molecular weight excluding hydrogens is 244 g/mol. The molecular formula is C14H22N2O3. The average Bonchev–Trinajstić information content (AvgIpc) is 2.36. The molecule has 0 spiro atoms. The maximum Gasteiger partial charge on any atom is 0.325 e. The molecule has 0 aromatic rings. The molecule has 5 heteroatoms. The Morgan fingerprint density at radius 1 is 1.42 bits per heavy atom. The summed E-state index contributed by atoms with van der Waals surface area (Å²) in [7, 11) is 1.28. The first kappa shape index (κ1) is 15.5. The van der Waals surface area contributed by atoms with Gasteiger partial charge in [0.1, 0.15) is 13.1 Å². The first-order chi connectivity index (χ1) is 8.92. The number of carbonyl (C=O) groups is 2. The largest absolute Gasteiger partial charge is 0.468 e. The molecule has 1 fully saturated rings. The fraction of sp³-hybridized carbons (Fsp3) is 0.786. The summed E-state index contributed by atoms with van der Waals surface area (Å²) in [6.07, 6.45) is 3.99. The highest BCUT2D eigenvalue weighted by Gasteiger charge is 2.39. The number of esters is 1. The van der Waals surface area contributed by atoms with Gasteiger partial charge < -0.3 is 9.64 Å². The van der Waals surface area contributed by atoms with Crippen molar-refractivity contribution in [2.75, 3.05) is 20.2 Å². The van der Waals surface area contributed by atoms with Crippen LogP contribution in [0.2, 0.25) is 0 Å². The van der Waals surface area contributed by atoms with E-state index in [2.05, 4.69) is 18.6 Å². The summed E-state index contributed by atoms with van der Waals surface area (Å²) in [4.78, 5) is 25.2. The topological polar surface area (TPSA) is 70.4 Å². The number of hydrogen-bond donors (Lipinski definition) is 0. The summed E-state index contributed by atoms with van der Waals surface area (Å²) < 4.78 is 4.57. The van der Waals surface area contributed by atoms with Crippen LogP contribution in [0.3, 0.4) is 0 Å². The Bertz CT molecular complexity index is 385. The third-order valence-corrected chi connectivity index (χ3v) is 3.93. The van der Waals surface area contributed by atoms with E-state index < -0.39 is 5.97 Å². The predicted octanol–water partition coefficient (Wildman–Crippen LogP) is 1.73. The fourth-order valence-corrected chi connectivity index (χ4v) is 2.69. The second-order valence-corrected chi connectivity index (χ2v) is 5.72. The molecule has 1 saturated carbocycles. The van der Waals surface area contributed by atoms with E-state index >= 15 is 0 Å². The maximum absolute atomic E-state index is 12.5. The van der Waals surface area contributed by atoms with Crippen molar-refractivity contribution in [3.8, 4) is 6.07 Å². The lowest BCUT2D eigenvalue weighted by molar-refractivity contribution is -0.150. The number of carbonyl (C=O) groups excluding carboxylic acids is 2. The molecule has 1 aliphatic rings. The van der Waals surface area contributed by atoms with Gasteiger partial charge in [0, 0.05) is 5.92 Å². The van der Waals surface area contributed by atoms with Crippen LogP contribution in [0.5, 0.6) is 0 Å². The summed E-state index contributed by atoms with van der Waals surface area (Å²) in [5.41, 5.74) is -0.0703.